The van der Waals surface area contributed by atoms with Gasteiger partial charge in [-0.15, -0.1) is 0 Å². The molecule has 2 aromatic carbocycles. The maximum absolute atomic E-state index is 14.3. The Balaban J connectivity index is 1.46. The topological polar surface area (TPSA) is 38.2 Å². The first-order valence-electron chi connectivity index (χ1n) is 11.1. The molecule has 2 atom stereocenters. The highest BCUT2D eigenvalue weighted by Crippen LogP contribution is 2.45. The van der Waals surface area contributed by atoms with Gasteiger partial charge in [0.05, 0.1) is 17.4 Å². The molecule has 3 heterocycles. The Bertz CT molecular complexity index is 1350. The van der Waals surface area contributed by atoms with Gasteiger partial charge in [-0.1, -0.05) is 30.3 Å². The third-order valence-electron chi connectivity index (χ3n) is 6.08. The van der Waals surface area contributed by atoms with Crippen LogP contribution in [0.5, 0.6) is 11.5 Å². The van der Waals surface area contributed by atoms with E-state index >= 15 is 0 Å². The second kappa shape index (κ2) is 9.22. The smallest absolute Gasteiger partial charge is 0.409 e. The van der Waals surface area contributed by atoms with Crippen LogP contribution in [-0.4, -0.2) is 27.6 Å². The summed E-state index contributed by atoms with van der Waals surface area (Å²) in [5, 5.41) is 0.427. The predicted octanol–water partition coefficient (Wildman–Crippen LogP) is 7.14. The van der Waals surface area contributed by atoms with E-state index in [-0.39, 0.29) is 23.2 Å². The number of benzene rings is 2. The normalized spacial score (nSPS) is 17.6. The quantitative estimate of drug-likeness (QED) is 0.282. The Morgan fingerprint density at radius 3 is 2.49 bits per heavy atom. The summed E-state index contributed by atoms with van der Waals surface area (Å²) in [5.74, 6) is -1.68. The van der Waals surface area contributed by atoms with Crippen molar-refractivity contribution in [3.63, 3.8) is 0 Å². The van der Waals surface area contributed by atoms with Gasteiger partial charge in [0.15, 0.2) is 11.6 Å². The Morgan fingerprint density at radius 2 is 1.74 bits per heavy atom. The maximum Gasteiger partial charge on any atom is 0.409 e. The fourth-order valence-corrected chi connectivity index (χ4v) is 4.56. The zero-order valence-corrected chi connectivity index (χ0v) is 18.3. The van der Waals surface area contributed by atoms with Crippen molar-refractivity contribution in [2.75, 3.05) is 6.54 Å². The summed E-state index contributed by atoms with van der Waals surface area (Å²) in [6.07, 6.45) is -0.680. The van der Waals surface area contributed by atoms with E-state index < -0.39 is 23.9 Å². The van der Waals surface area contributed by atoms with Crippen LogP contribution in [-0.2, 0) is 0 Å². The van der Waals surface area contributed by atoms with Crippen molar-refractivity contribution in [2.24, 2.45) is 0 Å². The number of likely N-dealkylation sites (tertiary alicyclic amines) is 1. The summed E-state index contributed by atoms with van der Waals surface area (Å²) in [6.45, 7) is 0.299. The summed E-state index contributed by atoms with van der Waals surface area (Å²) < 4.78 is 75.4. The van der Waals surface area contributed by atoms with Crippen LogP contribution in [0, 0.1) is 11.6 Å². The first-order valence-corrected chi connectivity index (χ1v) is 11.1. The lowest BCUT2D eigenvalue weighted by atomic mass is 10.0. The highest BCUT2D eigenvalue weighted by molar-refractivity contribution is 5.79. The molecule has 0 amide bonds. The van der Waals surface area contributed by atoms with Crippen LogP contribution in [0.4, 0.5) is 22.0 Å². The molecule has 1 aliphatic rings. The van der Waals surface area contributed by atoms with Crippen LogP contribution in [0.15, 0.2) is 73.1 Å². The van der Waals surface area contributed by atoms with E-state index in [4.69, 9.17) is 4.74 Å². The fourth-order valence-electron chi connectivity index (χ4n) is 4.56. The average Bonchev–Trinajstić information content (AvgIpc) is 3.30. The number of halogens is 5. The fraction of sp³-hybridized carbons (Fsp3) is 0.231. The van der Waals surface area contributed by atoms with Crippen molar-refractivity contribution >= 4 is 10.9 Å². The first-order chi connectivity index (χ1) is 16.8. The largest absolute Gasteiger partial charge is 0.453 e. The van der Waals surface area contributed by atoms with Gasteiger partial charge in [-0.2, -0.15) is 13.2 Å². The van der Waals surface area contributed by atoms with E-state index in [2.05, 4.69) is 9.97 Å². The molecule has 0 bridgehead atoms. The molecule has 4 nitrogen and oxygen atoms in total. The summed E-state index contributed by atoms with van der Waals surface area (Å²) in [4.78, 5) is 9.81. The Morgan fingerprint density at radius 1 is 0.943 bits per heavy atom. The van der Waals surface area contributed by atoms with Crippen LogP contribution >= 0.6 is 0 Å². The number of fused-ring (bicyclic) bond motifs is 1. The highest BCUT2D eigenvalue weighted by atomic mass is 19.4. The molecule has 0 saturated carbocycles. The van der Waals surface area contributed by atoms with Crippen LogP contribution < -0.4 is 4.74 Å². The molecule has 0 spiro atoms. The van der Waals surface area contributed by atoms with Crippen LogP contribution in [0.25, 0.3) is 10.9 Å². The van der Waals surface area contributed by atoms with Gasteiger partial charge >= 0.3 is 6.18 Å². The molecule has 2 aromatic heterocycles. The zero-order chi connectivity index (χ0) is 24.6. The average molecular weight is 485 g/mol. The van der Waals surface area contributed by atoms with Crippen molar-refractivity contribution < 1.29 is 26.7 Å². The molecule has 9 heteroatoms. The minimum absolute atomic E-state index is 0.140. The van der Waals surface area contributed by atoms with E-state index in [9.17, 15) is 22.0 Å². The number of rotatable bonds is 5. The molecule has 2 unspecified atom stereocenters. The number of aromatic nitrogens is 2. The van der Waals surface area contributed by atoms with Gasteiger partial charge in [0.2, 0.25) is 0 Å². The molecule has 0 aliphatic carbocycles. The van der Waals surface area contributed by atoms with Crippen molar-refractivity contribution in [1.82, 2.24) is 14.9 Å². The molecule has 0 radical (unpaired) electrons. The SMILES string of the molecule is Fc1ccc(Oc2cnc3cc(C(N4CCCC4c4ccccc4)C(F)(F)F)ncc3c2)c(F)c1. The molecule has 0 N–H and O–H groups in total. The maximum atomic E-state index is 14.3. The van der Waals surface area contributed by atoms with Gasteiger partial charge in [0.1, 0.15) is 17.6 Å². The lowest BCUT2D eigenvalue weighted by Gasteiger charge is -2.34. The molecule has 4 aromatic rings. The number of ether oxygens (including phenoxy) is 1. The molecular weight excluding hydrogens is 465 g/mol. The number of nitrogens with zero attached hydrogens (tertiary/aromatic N) is 3. The minimum Gasteiger partial charge on any atom is -0.453 e. The lowest BCUT2D eigenvalue weighted by Crippen LogP contribution is -2.38. The second-order valence-corrected chi connectivity index (χ2v) is 8.40. The Hall–Kier alpha value is -3.59. The third-order valence-corrected chi connectivity index (χ3v) is 6.08. The van der Waals surface area contributed by atoms with Gasteiger partial charge in [-0.3, -0.25) is 14.9 Å². The summed E-state index contributed by atoms with van der Waals surface area (Å²) in [7, 11) is 0. The van der Waals surface area contributed by atoms with Crippen LogP contribution in [0.3, 0.4) is 0 Å². The van der Waals surface area contributed by atoms with Crippen molar-refractivity contribution in [2.45, 2.75) is 31.1 Å². The van der Waals surface area contributed by atoms with E-state index in [1.165, 1.54) is 29.4 Å². The second-order valence-electron chi connectivity index (χ2n) is 8.40. The van der Waals surface area contributed by atoms with E-state index in [0.717, 1.165) is 17.7 Å². The standard InChI is InChI=1S/C26H20F5N3O/c27-18-8-9-24(20(28)12-18)35-19-11-17-14-32-22(13-21(17)33-15-19)25(26(29,30)31)34-10-4-7-23(34)16-5-2-1-3-6-16/h1-3,5-6,8-9,11-15,23,25H,4,7,10H2. The van der Waals surface area contributed by atoms with Crippen molar-refractivity contribution in [3.8, 4) is 11.5 Å². The van der Waals surface area contributed by atoms with Gasteiger partial charge in [-0.05, 0) is 49.2 Å². The van der Waals surface area contributed by atoms with Crippen molar-refractivity contribution in [3.05, 3.63) is 95.9 Å². The highest BCUT2D eigenvalue weighted by Gasteiger charge is 2.49. The number of pyridine rings is 2. The summed E-state index contributed by atoms with van der Waals surface area (Å²) in [5.41, 5.74) is 0.998. The van der Waals surface area contributed by atoms with Gasteiger partial charge in [-0.25, -0.2) is 8.78 Å². The van der Waals surface area contributed by atoms with Gasteiger partial charge in [0.25, 0.3) is 0 Å². The molecule has 35 heavy (non-hydrogen) atoms. The third kappa shape index (κ3) is 4.81. The molecule has 180 valence electrons. The lowest BCUT2D eigenvalue weighted by molar-refractivity contribution is -0.190. The number of alkyl halides is 3. The van der Waals surface area contributed by atoms with Gasteiger partial charge in [0, 0.05) is 23.7 Å². The molecule has 1 aliphatic heterocycles. The minimum atomic E-state index is -4.54. The number of hydrogen-bond acceptors (Lipinski definition) is 4. The Labute approximate surface area is 198 Å². The molecule has 5 rings (SSSR count). The van der Waals surface area contributed by atoms with Crippen LogP contribution in [0.2, 0.25) is 0 Å². The van der Waals surface area contributed by atoms with Gasteiger partial charge < -0.3 is 4.74 Å². The zero-order valence-electron chi connectivity index (χ0n) is 18.3. The molecule has 1 fully saturated rings. The molecule has 1 saturated heterocycles. The Kier molecular flexibility index (Phi) is 6.10. The van der Waals surface area contributed by atoms with E-state index in [0.29, 0.717) is 36.4 Å². The summed E-state index contributed by atoms with van der Waals surface area (Å²) >= 11 is 0. The monoisotopic (exact) mass is 485 g/mol. The number of hydrogen-bond donors (Lipinski definition) is 0. The summed E-state index contributed by atoms with van der Waals surface area (Å²) in [6, 6.07) is 12.6. The predicted molar refractivity (Wildman–Crippen MR) is 120 cm³/mol. The van der Waals surface area contributed by atoms with Crippen LogP contribution in [0.1, 0.15) is 36.2 Å². The molecular formula is C26H20F5N3O. The van der Waals surface area contributed by atoms with E-state index in [1.54, 1.807) is 0 Å². The first kappa shape index (κ1) is 23.2. The van der Waals surface area contributed by atoms with Crippen molar-refractivity contribution in [1.29, 1.82) is 0 Å². The van der Waals surface area contributed by atoms with E-state index in [1.807, 2.05) is 30.3 Å².